The molecule has 4 nitrogen and oxygen atoms in total. The average Bonchev–Trinajstić information content (AvgIpc) is 2.72. The number of halogens is 1. The minimum absolute atomic E-state index is 0.270. The van der Waals surface area contributed by atoms with Crippen LogP contribution < -0.4 is 5.56 Å². The van der Waals surface area contributed by atoms with Crippen LogP contribution in [0.3, 0.4) is 0 Å². The highest BCUT2D eigenvalue weighted by Crippen LogP contribution is 2.25. The van der Waals surface area contributed by atoms with Crippen molar-refractivity contribution >= 4 is 28.1 Å². The molecule has 0 N–H and O–H groups in total. The molecule has 0 aromatic carbocycles. The second kappa shape index (κ2) is 4.05. The van der Waals surface area contributed by atoms with Gasteiger partial charge in [-0.25, -0.2) is 4.98 Å². The van der Waals surface area contributed by atoms with Gasteiger partial charge in [0, 0.05) is 11.2 Å². The molecule has 0 radical (unpaired) electrons. The first-order valence-corrected chi connectivity index (χ1v) is 6.94. The van der Waals surface area contributed by atoms with Crippen LogP contribution in [-0.2, 0) is 6.42 Å². The molecule has 1 atom stereocenters. The SMILES string of the molecule is CCc1c2cnc(=O)c=2[s+]([O-])n2ccc(Cl)cc12. The summed E-state index contributed by atoms with van der Waals surface area (Å²) in [6.45, 7) is 1.98. The van der Waals surface area contributed by atoms with Crippen molar-refractivity contribution in [2.45, 2.75) is 13.3 Å². The maximum absolute atomic E-state index is 12.3. The maximum Gasteiger partial charge on any atom is 0.332 e. The minimum Gasteiger partial charge on any atom is -0.570 e. The van der Waals surface area contributed by atoms with Crippen molar-refractivity contribution in [3.8, 4) is 0 Å². The monoisotopic (exact) mass is 280 g/mol. The summed E-state index contributed by atoms with van der Waals surface area (Å²) in [7, 11) is -1.54. The quantitative estimate of drug-likeness (QED) is 0.643. The van der Waals surface area contributed by atoms with Crippen LogP contribution in [0.5, 0.6) is 0 Å². The van der Waals surface area contributed by atoms with Crippen LogP contribution in [-0.4, -0.2) is 13.3 Å². The molecule has 1 unspecified atom stereocenters. The molecule has 2 aliphatic rings. The van der Waals surface area contributed by atoms with Gasteiger partial charge in [-0.3, -0.25) is 4.79 Å². The molecule has 1 aromatic heterocycles. The Bertz CT molecular complexity index is 868. The third-order valence-corrected chi connectivity index (χ3v) is 4.63. The number of rotatable bonds is 1. The number of fused-ring (bicyclic) bond motifs is 1. The second-order valence-electron chi connectivity index (χ2n) is 3.94. The zero-order chi connectivity index (χ0) is 12.9. The number of hydrogen-bond acceptors (Lipinski definition) is 3. The van der Waals surface area contributed by atoms with Crippen molar-refractivity contribution in [1.29, 1.82) is 0 Å². The normalized spacial score (nSPS) is 12.5. The molecule has 3 rings (SSSR count). The number of pyridine rings is 1. The molecule has 0 amide bonds. The number of nitrogens with zero attached hydrogens (tertiary/aromatic N) is 2. The first kappa shape index (κ1) is 11.6. The van der Waals surface area contributed by atoms with E-state index < -0.39 is 16.5 Å². The lowest BCUT2D eigenvalue weighted by Crippen LogP contribution is -2.04. The Balaban J connectivity index is 2.73. The Morgan fingerprint density at radius 3 is 3.06 bits per heavy atom. The van der Waals surface area contributed by atoms with Crippen molar-refractivity contribution in [3.05, 3.63) is 55.2 Å². The van der Waals surface area contributed by atoms with Gasteiger partial charge in [0.05, 0.1) is 27.9 Å². The molecule has 18 heavy (non-hydrogen) atoms. The third-order valence-electron chi connectivity index (χ3n) is 2.97. The van der Waals surface area contributed by atoms with Crippen molar-refractivity contribution in [3.63, 3.8) is 0 Å². The summed E-state index contributed by atoms with van der Waals surface area (Å²) in [5.74, 6) is 0. The zero-order valence-electron chi connectivity index (χ0n) is 9.51. The Hall–Kier alpha value is -1.43. The lowest BCUT2D eigenvalue weighted by atomic mass is 10.1. The molecular weight excluding hydrogens is 272 g/mol. The molecule has 0 saturated carbocycles. The molecule has 0 aliphatic carbocycles. The predicted molar refractivity (Wildman–Crippen MR) is 69.8 cm³/mol. The Labute approximate surface area is 110 Å². The van der Waals surface area contributed by atoms with Gasteiger partial charge >= 0.3 is 5.56 Å². The number of hydrogen-bond donors (Lipinski definition) is 0. The van der Waals surface area contributed by atoms with E-state index in [4.69, 9.17) is 11.6 Å². The van der Waals surface area contributed by atoms with Gasteiger partial charge in [0.25, 0.3) is 4.53 Å². The van der Waals surface area contributed by atoms with E-state index in [2.05, 4.69) is 4.98 Å². The fourth-order valence-corrected chi connectivity index (χ4v) is 3.61. The Morgan fingerprint density at radius 2 is 2.33 bits per heavy atom. The predicted octanol–water partition coefficient (Wildman–Crippen LogP) is 2.36. The van der Waals surface area contributed by atoms with Gasteiger partial charge in [-0.2, -0.15) is 3.79 Å². The van der Waals surface area contributed by atoms with Crippen LogP contribution in [0.25, 0.3) is 5.52 Å². The summed E-state index contributed by atoms with van der Waals surface area (Å²) in [4.78, 5) is 15.4. The summed E-state index contributed by atoms with van der Waals surface area (Å²) >= 11 is 5.98. The van der Waals surface area contributed by atoms with Gasteiger partial charge in [-0.15, -0.1) is 0 Å². The third kappa shape index (κ3) is 1.48. The molecule has 2 aliphatic heterocycles. The molecule has 1 aromatic rings. The van der Waals surface area contributed by atoms with Crippen molar-refractivity contribution in [2.24, 2.45) is 0 Å². The molecule has 0 saturated heterocycles. The molecule has 0 spiro atoms. The van der Waals surface area contributed by atoms with Crippen LogP contribution in [0.1, 0.15) is 12.5 Å². The van der Waals surface area contributed by atoms with Gasteiger partial charge in [0.15, 0.2) is 0 Å². The van der Waals surface area contributed by atoms with E-state index in [1.165, 1.54) is 6.20 Å². The molecule has 0 fully saturated rings. The second-order valence-corrected chi connectivity index (χ2v) is 5.68. The van der Waals surface area contributed by atoms with E-state index >= 15 is 0 Å². The summed E-state index contributed by atoms with van der Waals surface area (Å²) in [6, 6.07) is 3.42. The summed E-state index contributed by atoms with van der Waals surface area (Å²) < 4.78 is 14.2. The minimum atomic E-state index is -1.54. The topological polar surface area (TPSA) is 57.4 Å². The molecule has 3 heterocycles. The van der Waals surface area contributed by atoms with Gasteiger partial charge in [0.1, 0.15) is 0 Å². The van der Waals surface area contributed by atoms with Crippen LogP contribution in [0.4, 0.5) is 0 Å². The van der Waals surface area contributed by atoms with Crippen LogP contribution in [0.15, 0.2) is 29.3 Å². The highest BCUT2D eigenvalue weighted by molar-refractivity contribution is 7.18. The van der Waals surface area contributed by atoms with E-state index in [9.17, 15) is 9.35 Å². The zero-order valence-corrected chi connectivity index (χ0v) is 11.1. The Kier molecular flexibility index (Phi) is 2.62. The molecule has 92 valence electrons. The fourth-order valence-electron chi connectivity index (χ4n) is 2.17. The van der Waals surface area contributed by atoms with E-state index in [0.717, 1.165) is 17.5 Å². The molecule has 0 bridgehead atoms. The Morgan fingerprint density at radius 1 is 1.56 bits per heavy atom. The highest BCUT2D eigenvalue weighted by atomic mass is 35.5. The largest absolute Gasteiger partial charge is 0.570 e. The first-order valence-electron chi connectivity index (χ1n) is 5.46. The van der Waals surface area contributed by atoms with E-state index in [-0.39, 0.29) is 4.53 Å². The summed E-state index contributed by atoms with van der Waals surface area (Å²) in [5, 5.41) is 1.26. The highest BCUT2D eigenvalue weighted by Gasteiger charge is 2.16. The van der Waals surface area contributed by atoms with Crippen LogP contribution >= 0.6 is 22.5 Å². The summed E-state index contributed by atoms with van der Waals surface area (Å²) in [5.41, 5.74) is 1.31. The molecular formula is C12H9ClN2O2S. The van der Waals surface area contributed by atoms with E-state index in [1.807, 2.05) is 6.92 Å². The lowest BCUT2D eigenvalue weighted by Gasteiger charge is -2.07. The summed E-state index contributed by atoms with van der Waals surface area (Å²) in [6.07, 6.45) is 3.85. The number of aromatic nitrogens is 2. The van der Waals surface area contributed by atoms with Crippen molar-refractivity contribution in [1.82, 2.24) is 8.77 Å². The van der Waals surface area contributed by atoms with Crippen molar-refractivity contribution in [2.75, 3.05) is 0 Å². The van der Waals surface area contributed by atoms with Gasteiger partial charge in [-0.05, 0) is 24.1 Å². The van der Waals surface area contributed by atoms with E-state index in [0.29, 0.717) is 10.2 Å². The van der Waals surface area contributed by atoms with Gasteiger partial charge in [-0.1, -0.05) is 18.5 Å². The van der Waals surface area contributed by atoms with Gasteiger partial charge < -0.3 is 4.55 Å². The average molecular weight is 281 g/mol. The van der Waals surface area contributed by atoms with Crippen molar-refractivity contribution < 1.29 is 4.55 Å². The maximum atomic E-state index is 12.3. The fraction of sp³-hybridized carbons (Fsp3) is 0.167. The first-order chi connectivity index (χ1) is 8.63. The van der Waals surface area contributed by atoms with Crippen LogP contribution in [0.2, 0.25) is 5.02 Å². The smallest absolute Gasteiger partial charge is 0.332 e. The van der Waals surface area contributed by atoms with Gasteiger partial charge in [0.2, 0.25) is 0 Å². The lowest BCUT2D eigenvalue weighted by molar-refractivity contribution is 0.585. The standard InChI is InChI=1S/C12H9ClN2O2S/c1-2-8-9-6-14-12(16)11(9)18(17)15-4-3-7(13)5-10(8)15/h3-6H,2H2,1H3. The molecule has 6 heteroatoms. The van der Waals surface area contributed by atoms with E-state index in [1.54, 1.807) is 22.1 Å². The van der Waals surface area contributed by atoms with Crippen LogP contribution in [0, 0.1) is 9.75 Å². The number of aryl methyl sites for hydroxylation is 1.